The molecule has 0 bridgehead atoms. The Bertz CT molecular complexity index is 708. The van der Waals surface area contributed by atoms with Crippen LogP contribution in [0.2, 0.25) is 0 Å². The van der Waals surface area contributed by atoms with E-state index in [0.717, 1.165) is 5.56 Å². The summed E-state index contributed by atoms with van der Waals surface area (Å²) in [6.45, 7) is 1.72. The molecule has 0 saturated carbocycles. The van der Waals surface area contributed by atoms with E-state index in [4.69, 9.17) is 5.73 Å². The Hall–Kier alpha value is -2.34. The maximum atomic E-state index is 12.0. The lowest BCUT2D eigenvalue weighted by Gasteiger charge is -2.05. The Morgan fingerprint density at radius 3 is 2.25 bits per heavy atom. The highest BCUT2D eigenvalue weighted by Crippen LogP contribution is 2.09. The van der Waals surface area contributed by atoms with Gasteiger partial charge in [-0.2, -0.15) is 18.4 Å². The van der Waals surface area contributed by atoms with Crippen LogP contribution in [-0.4, -0.2) is 14.1 Å². The third-order valence-electron chi connectivity index (χ3n) is 2.72. The first-order valence-corrected chi connectivity index (χ1v) is 7.44. The predicted octanol–water partition coefficient (Wildman–Crippen LogP) is 1.97. The Balaban J connectivity index is 2.18. The van der Waals surface area contributed by atoms with Crippen LogP contribution in [0.1, 0.15) is 12.5 Å². The Kier molecular flexibility index (Phi) is 4.05. The van der Waals surface area contributed by atoms with E-state index in [2.05, 4.69) is 9.93 Å². The summed E-state index contributed by atoms with van der Waals surface area (Å²) < 4.78 is 24.0. The molecule has 0 amide bonds. The van der Waals surface area contributed by atoms with Crippen LogP contribution in [0.5, 0.6) is 0 Å². The summed E-state index contributed by atoms with van der Waals surface area (Å²) in [5.74, 6) is 0. The number of hydrogen-bond donors (Lipinski definition) is 2. The van der Waals surface area contributed by atoms with Gasteiger partial charge in [0, 0.05) is 5.69 Å². The lowest BCUT2D eigenvalue weighted by Crippen LogP contribution is -2.19. The highest BCUT2D eigenvalue weighted by molar-refractivity contribution is 7.89. The van der Waals surface area contributed by atoms with Crippen LogP contribution in [0.3, 0.4) is 0 Å². The van der Waals surface area contributed by atoms with Gasteiger partial charge in [0.2, 0.25) is 0 Å². The van der Waals surface area contributed by atoms with Gasteiger partial charge in [-0.1, -0.05) is 30.3 Å². The summed E-state index contributed by atoms with van der Waals surface area (Å²) in [5, 5.41) is 3.91. The largest absolute Gasteiger partial charge is 0.399 e. The maximum absolute atomic E-state index is 12.0. The van der Waals surface area contributed by atoms with Crippen LogP contribution in [0.4, 0.5) is 5.69 Å². The standard InChI is InChI=1S/C14H15N3O2S/c1-11(12-7-9-13(15)10-8-12)16-17-20(18,19)14-5-3-2-4-6-14/h2-10,17H,15H2,1H3/b16-11-. The second-order valence-corrected chi connectivity index (χ2v) is 5.89. The van der Waals surface area contributed by atoms with Gasteiger partial charge < -0.3 is 5.73 Å². The molecule has 104 valence electrons. The number of nitrogens with zero attached hydrogens (tertiary/aromatic N) is 1. The first-order valence-electron chi connectivity index (χ1n) is 5.96. The van der Waals surface area contributed by atoms with Crippen molar-refractivity contribution in [2.24, 2.45) is 5.10 Å². The van der Waals surface area contributed by atoms with E-state index in [1.807, 2.05) is 0 Å². The number of hydrazone groups is 1. The van der Waals surface area contributed by atoms with Gasteiger partial charge in [0.1, 0.15) is 0 Å². The van der Waals surface area contributed by atoms with E-state index >= 15 is 0 Å². The van der Waals surface area contributed by atoms with E-state index in [-0.39, 0.29) is 4.90 Å². The fraction of sp³-hybridized carbons (Fsp3) is 0.0714. The summed E-state index contributed by atoms with van der Waals surface area (Å²) in [7, 11) is -3.63. The molecule has 0 unspecified atom stereocenters. The number of anilines is 1. The topological polar surface area (TPSA) is 84.5 Å². The number of hydrogen-bond acceptors (Lipinski definition) is 4. The fourth-order valence-electron chi connectivity index (χ4n) is 1.57. The highest BCUT2D eigenvalue weighted by Gasteiger charge is 2.11. The molecule has 0 atom stereocenters. The zero-order chi connectivity index (χ0) is 14.6. The molecule has 20 heavy (non-hydrogen) atoms. The summed E-state index contributed by atoms with van der Waals surface area (Å²) in [6, 6.07) is 15.1. The van der Waals surface area contributed by atoms with Gasteiger partial charge in [-0.15, -0.1) is 0 Å². The van der Waals surface area contributed by atoms with Crippen LogP contribution in [0.25, 0.3) is 0 Å². The third-order valence-corrected chi connectivity index (χ3v) is 3.94. The SMILES string of the molecule is C/C(=N/NS(=O)(=O)c1ccccc1)c1ccc(N)cc1. The second-order valence-electron chi connectivity index (χ2n) is 4.23. The smallest absolute Gasteiger partial charge is 0.276 e. The lowest BCUT2D eigenvalue weighted by atomic mass is 10.1. The fourth-order valence-corrected chi connectivity index (χ4v) is 2.45. The zero-order valence-electron chi connectivity index (χ0n) is 10.9. The molecular weight excluding hydrogens is 274 g/mol. The Morgan fingerprint density at radius 2 is 1.65 bits per heavy atom. The van der Waals surface area contributed by atoms with Gasteiger partial charge >= 0.3 is 0 Å². The van der Waals surface area contributed by atoms with Crippen molar-refractivity contribution >= 4 is 21.4 Å². The average Bonchev–Trinajstić information content (AvgIpc) is 2.46. The van der Waals surface area contributed by atoms with Gasteiger partial charge in [0.25, 0.3) is 10.0 Å². The molecule has 5 nitrogen and oxygen atoms in total. The minimum Gasteiger partial charge on any atom is -0.399 e. The van der Waals surface area contributed by atoms with Gasteiger partial charge in [-0.3, -0.25) is 0 Å². The molecule has 0 saturated heterocycles. The van der Waals surface area contributed by atoms with E-state index < -0.39 is 10.0 Å². The van der Waals surface area contributed by atoms with Crippen molar-refractivity contribution in [1.29, 1.82) is 0 Å². The van der Waals surface area contributed by atoms with Crippen LogP contribution in [0, 0.1) is 0 Å². The summed E-state index contributed by atoms with van der Waals surface area (Å²) in [6.07, 6.45) is 0. The van der Waals surface area contributed by atoms with Gasteiger partial charge in [0.15, 0.2) is 0 Å². The Labute approximate surface area is 118 Å². The molecule has 0 fully saturated rings. The van der Waals surface area contributed by atoms with Gasteiger partial charge in [-0.05, 0) is 36.8 Å². The zero-order valence-corrected chi connectivity index (χ0v) is 11.8. The summed E-state index contributed by atoms with van der Waals surface area (Å²) in [4.78, 5) is 2.39. The molecule has 2 aromatic rings. The Morgan fingerprint density at radius 1 is 1.05 bits per heavy atom. The quantitative estimate of drug-likeness (QED) is 0.512. The maximum Gasteiger partial charge on any atom is 0.276 e. The molecule has 0 radical (unpaired) electrons. The monoisotopic (exact) mass is 289 g/mol. The molecule has 0 aliphatic heterocycles. The van der Waals surface area contributed by atoms with E-state index in [0.29, 0.717) is 11.4 Å². The number of nitrogens with one attached hydrogen (secondary N) is 1. The molecule has 0 spiro atoms. The van der Waals surface area contributed by atoms with Crippen LogP contribution in [-0.2, 0) is 10.0 Å². The normalized spacial score (nSPS) is 12.2. The molecule has 2 rings (SSSR count). The number of rotatable bonds is 4. The van der Waals surface area contributed by atoms with Gasteiger partial charge in [0.05, 0.1) is 10.6 Å². The third kappa shape index (κ3) is 3.36. The van der Waals surface area contributed by atoms with Crippen LogP contribution < -0.4 is 10.6 Å². The number of nitrogens with two attached hydrogens (primary N) is 1. The minimum atomic E-state index is -3.63. The van der Waals surface area contributed by atoms with Crippen molar-refractivity contribution in [2.75, 3.05) is 5.73 Å². The van der Waals surface area contributed by atoms with Crippen molar-refractivity contribution in [3.05, 3.63) is 60.2 Å². The van der Waals surface area contributed by atoms with Gasteiger partial charge in [-0.25, -0.2) is 0 Å². The van der Waals surface area contributed by atoms with Crippen molar-refractivity contribution < 1.29 is 8.42 Å². The van der Waals surface area contributed by atoms with Crippen molar-refractivity contribution in [3.63, 3.8) is 0 Å². The van der Waals surface area contributed by atoms with Crippen LogP contribution >= 0.6 is 0 Å². The molecule has 2 aromatic carbocycles. The summed E-state index contributed by atoms with van der Waals surface area (Å²) in [5.41, 5.74) is 7.60. The molecule has 3 N–H and O–H groups in total. The molecular formula is C14H15N3O2S. The van der Waals surface area contributed by atoms with Crippen molar-refractivity contribution in [3.8, 4) is 0 Å². The second kappa shape index (κ2) is 5.75. The van der Waals surface area contributed by atoms with E-state index in [9.17, 15) is 8.42 Å². The molecule has 6 heteroatoms. The first-order chi connectivity index (χ1) is 9.49. The average molecular weight is 289 g/mol. The van der Waals surface area contributed by atoms with Crippen LogP contribution in [0.15, 0.2) is 64.6 Å². The lowest BCUT2D eigenvalue weighted by molar-refractivity contribution is 0.584. The van der Waals surface area contributed by atoms with E-state index in [1.54, 1.807) is 49.4 Å². The molecule has 0 heterocycles. The number of benzene rings is 2. The van der Waals surface area contributed by atoms with Crippen molar-refractivity contribution in [2.45, 2.75) is 11.8 Å². The molecule has 0 aromatic heterocycles. The minimum absolute atomic E-state index is 0.175. The van der Waals surface area contributed by atoms with Crippen molar-refractivity contribution in [1.82, 2.24) is 4.83 Å². The number of sulfonamides is 1. The first kappa shape index (κ1) is 14.1. The molecule has 0 aliphatic rings. The highest BCUT2D eigenvalue weighted by atomic mass is 32.2. The predicted molar refractivity (Wildman–Crippen MR) is 79.8 cm³/mol. The summed E-state index contributed by atoms with van der Waals surface area (Å²) >= 11 is 0. The van der Waals surface area contributed by atoms with E-state index in [1.165, 1.54) is 12.1 Å². The number of nitrogen functional groups attached to an aromatic ring is 1. The molecule has 0 aliphatic carbocycles.